The van der Waals surface area contributed by atoms with Crippen LogP contribution in [0, 0.1) is 6.92 Å². The van der Waals surface area contributed by atoms with Gasteiger partial charge in [0.25, 0.3) is 0 Å². The van der Waals surface area contributed by atoms with Crippen molar-refractivity contribution in [3.63, 3.8) is 0 Å². The second-order valence-electron chi connectivity index (χ2n) is 5.13. The summed E-state index contributed by atoms with van der Waals surface area (Å²) in [5.74, 6) is 0.876. The zero-order chi connectivity index (χ0) is 14.4. The SMILES string of the molecule is CC.Cc1ccnc(N2CCN(C(C)C)CC2C)n1. The Hall–Kier alpha value is -1.16. The lowest BCUT2D eigenvalue weighted by atomic mass is 10.1. The predicted molar refractivity (Wildman–Crippen MR) is 81.6 cm³/mol. The van der Waals surface area contributed by atoms with Gasteiger partial charge in [-0.15, -0.1) is 0 Å². The van der Waals surface area contributed by atoms with Crippen LogP contribution in [0.2, 0.25) is 0 Å². The first-order chi connectivity index (χ1) is 9.08. The fourth-order valence-electron chi connectivity index (χ4n) is 2.33. The number of hydrogen-bond acceptors (Lipinski definition) is 4. The van der Waals surface area contributed by atoms with E-state index in [2.05, 4.69) is 40.5 Å². The Balaban J connectivity index is 0.000000861. The molecule has 1 aliphatic heterocycles. The Labute approximate surface area is 117 Å². The Kier molecular flexibility index (Phi) is 6.22. The smallest absolute Gasteiger partial charge is 0.225 e. The van der Waals surface area contributed by atoms with Crippen molar-refractivity contribution in [3.05, 3.63) is 18.0 Å². The fourth-order valence-corrected chi connectivity index (χ4v) is 2.33. The molecule has 4 heteroatoms. The van der Waals surface area contributed by atoms with Gasteiger partial charge >= 0.3 is 0 Å². The molecule has 108 valence electrons. The molecule has 2 heterocycles. The van der Waals surface area contributed by atoms with Crippen LogP contribution < -0.4 is 4.90 Å². The van der Waals surface area contributed by atoms with Crippen molar-refractivity contribution in [2.45, 2.75) is 53.6 Å². The molecule has 1 atom stereocenters. The average molecular weight is 264 g/mol. The molecule has 0 amide bonds. The highest BCUT2D eigenvalue weighted by molar-refractivity contribution is 5.32. The van der Waals surface area contributed by atoms with E-state index in [0.717, 1.165) is 31.3 Å². The van der Waals surface area contributed by atoms with Crippen molar-refractivity contribution in [2.75, 3.05) is 24.5 Å². The summed E-state index contributed by atoms with van der Waals surface area (Å²) in [5.41, 5.74) is 1.04. The van der Waals surface area contributed by atoms with Crippen LogP contribution in [-0.2, 0) is 0 Å². The standard InChI is InChI=1S/C13H22N4.C2H6/c1-10(2)16-7-8-17(12(4)9-16)13-14-6-5-11(3)15-13;1-2/h5-6,10,12H,7-9H2,1-4H3;1-2H3. The van der Waals surface area contributed by atoms with Crippen molar-refractivity contribution in [3.8, 4) is 0 Å². The van der Waals surface area contributed by atoms with Crippen molar-refractivity contribution in [2.24, 2.45) is 0 Å². The number of aryl methyl sites for hydroxylation is 1. The maximum atomic E-state index is 4.51. The van der Waals surface area contributed by atoms with Crippen LogP contribution in [0.1, 0.15) is 40.3 Å². The van der Waals surface area contributed by atoms with Gasteiger partial charge in [0.15, 0.2) is 0 Å². The summed E-state index contributed by atoms with van der Waals surface area (Å²) in [5, 5.41) is 0. The summed E-state index contributed by atoms with van der Waals surface area (Å²) in [6, 6.07) is 3.05. The molecule has 0 aromatic carbocycles. The first kappa shape index (κ1) is 15.9. The summed E-state index contributed by atoms with van der Waals surface area (Å²) in [4.78, 5) is 13.7. The van der Waals surface area contributed by atoms with E-state index in [-0.39, 0.29) is 0 Å². The quantitative estimate of drug-likeness (QED) is 0.822. The molecule has 2 rings (SSSR count). The zero-order valence-electron chi connectivity index (χ0n) is 13.2. The van der Waals surface area contributed by atoms with Crippen LogP contribution in [0.5, 0.6) is 0 Å². The van der Waals surface area contributed by atoms with Crippen LogP contribution in [-0.4, -0.2) is 46.6 Å². The minimum Gasteiger partial charge on any atom is -0.336 e. The molecule has 1 aliphatic rings. The first-order valence-corrected chi connectivity index (χ1v) is 7.38. The van der Waals surface area contributed by atoms with E-state index in [9.17, 15) is 0 Å². The summed E-state index contributed by atoms with van der Waals surface area (Å²) >= 11 is 0. The molecule has 0 saturated carbocycles. The molecule has 0 bridgehead atoms. The van der Waals surface area contributed by atoms with E-state index < -0.39 is 0 Å². The van der Waals surface area contributed by atoms with Gasteiger partial charge < -0.3 is 4.90 Å². The molecule has 19 heavy (non-hydrogen) atoms. The van der Waals surface area contributed by atoms with E-state index >= 15 is 0 Å². The molecule has 1 aromatic rings. The maximum Gasteiger partial charge on any atom is 0.225 e. The van der Waals surface area contributed by atoms with Crippen molar-refractivity contribution in [1.82, 2.24) is 14.9 Å². The summed E-state index contributed by atoms with van der Waals surface area (Å²) in [6.45, 7) is 16.0. The molecule has 0 N–H and O–H groups in total. The molecule has 0 spiro atoms. The van der Waals surface area contributed by atoms with Crippen LogP contribution >= 0.6 is 0 Å². The van der Waals surface area contributed by atoms with Gasteiger partial charge in [-0.25, -0.2) is 9.97 Å². The number of aromatic nitrogens is 2. The Morgan fingerprint density at radius 1 is 1.26 bits per heavy atom. The molecular formula is C15H28N4. The zero-order valence-corrected chi connectivity index (χ0v) is 13.2. The van der Waals surface area contributed by atoms with E-state index in [1.807, 2.05) is 33.0 Å². The number of anilines is 1. The molecule has 0 radical (unpaired) electrons. The van der Waals surface area contributed by atoms with Gasteiger partial charge in [-0.2, -0.15) is 0 Å². The summed E-state index contributed by atoms with van der Waals surface area (Å²) in [7, 11) is 0. The number of hydrogen-bond donors (Lipinski definition) is 0. The second kappa shape index (κ2) is 7.43. The van der Waals surface area contributed by atoms with Crippen molar-refractivity contribution in [1.29, 1.82) is 0 Å². The molecule has 4 nitrogen and oxygen atoms in total. The average Bonchev–Trinajstić information content (AvgIpc) is 2.40. The third-order valence-corrected chi connectivity index (χ3v) is 3.43. The lowest BCUT2D eigenvalue weighted by Gasteiger charge is -2.41. The Morgan fingerprint density at radius 3 is 2.47 bits per heavy atom. The minimum atomic E-state index is 0.480. The van der Waals surface area contributed by atoms with Crippen molar-refractivity contribution >= 4 is 5.95 Å². The molecule has 0 aliphatic carbocycles. The third-order valence-electron chi connectivity index (χ3n) is 3.43. The molecular weight excluding hydrogens is 236 g/mol. The highest BCUT2D eigenvalue weighted by Crippen LogP contribution is 2.17. The van der Waals surface area contributed by atoms with E-state index in [1.54, 1.807) is 0 Å². The third kappa shape index (κ3) is 4.16. The van der Waals surface area contributed by atoms with Crippen LogP contribution in [0.15, 0.2) is 12.3 Å². The minimum absolute atomic E-state index is 0.480. The van der Waals surface area contributed by atoms with Gasteiger partial charge in [0.1, 0.15) is 0 Å². The summed E-state index contributed by atoms with van der Waals surface area (Å²) < 4.78 is 0. The largest absolute Gasteiger partial charge is 0.336 e. The number of piperazine rings is 1. The van der Waals surface area contributed by atoms with Gasteiger partial charge in [0, 0.05) is 43.6 Å². The van der Waals surface area contributed by atoms with Gasteiger partial charge in [0.05, 0.1) is 0 Å². The number of rotatable bonds is 2. The topological polar surface area (TPSA) is 32.3 Å². The van der Waals surface area contributed by atoms with Gasteiger partial charge in [-0.05, 0) is 33.8 Å². The molecule has 1 fully saturated rings. The predicted octanol–water partition coefficient (Wildman–Crippen LogP) is 2.73. The van der Waals surface area contributed by atoms with Gasteiger partial charge in [0.2, 0.25) is 5.95 Å². The van der Waals surface area contributed by atoms with Gasteiger partial charge in [-0.1, -0.05) is 13.8 Å². The molecule has 1 unspecified atom stereocenters. The lowest BCUT2D eigenvalue weighted by Crippen LogP contribution is -2.54. The van der Waals surface area contributed by atoms with Gasteiger partial charge in [-0.3, -0.25) is 4.90 Å². The molecule has 1 saturated heterocycles. The van der Waals surface area contributed by atoms with Crippen LogP contribution in [0.3, 0.4) is 0 Å². The lowest BCUT2D eigenvalue weighted by molar-refractivity contribution is 0.184. The van der Waals surface area contributed by atoms with E-state index in [1.165, 1.54) is 0 Å². The maximum absolute atomic E-state index is 4.51. The highest BCUT2D eigenvalue weighted by atomic mass is 15.3. The van der Waals surface area contributed by atoms with E-state index in [0.29, 0.717) is 12.1 Å². The Morgan fingerprint density at radius 2 is 1.95 bits per heavy atom. The first-order valence-electron chi connectivity index (χ1n) is 7.38. The molecule has 1 aromatic heterocycles. The fraction of sp³-hybridized carbons (Fsp3) is 0.733. The monoisotopic (exact) mass is 264 g/mol. The normalized spacial score (nSPS) is 20.2. The van der Waals surface area contributed by atoms with Crippen molar-refractivity contribution < 1.29 is 0 Å². The Bertz CT molecular complexity index is 378. The summed E-state index contributed by atoms with van der Waals surface area (Å²) in [6.07, 6.45) is 1.85. The van der Waals surface area contributed by atoms with Crippen LogP contribution in [0.4, 0.5) is 5.95 Å². The van der Waals surface area contributed by atoms with Crippen LogP contribution in [0.25, 0.3) is 0 Å². The second-order valence-corrected chi connectivity index (χ2v) is 5.13. The number of nitrogens with zero attached hydrogens (tertiary/aromatic N) is 4. The highest BCUT2D eigenvalue weighted by Gasteiger charge is 2.26. The van der Waals surface area contributed by atoms with E-state index in [4.69, 9.17) is 0 Å².